The molecule has 0 spiro atoms. The Morgan fingerprint density at radius 1 is 1.43 bits per heavy atom. The van der Waals surface area contributed by atoms with Gasteiger partial charge in [-0.2, -0.15) is 4.31 Å². The first-order valence-electron chi connectivity index (χ1n) is 6.75. The molecule has 0 aromatic heterocycles. The van der Waals surface area contributed by atoms with Gasteiger partial charge in [0.2, 0.25) is 10.0 Å². The van der Waals surface area contributed by atoms with Crippen molar-refractivity contribution in [2.24, 2.45) is 0 Å². The summed E-state index contributed by atoms with van der Waals surface area (Å²) >= 11 is 0. The van der Waals surface area contributed by atoms with Crippen LogP contribution in [0.4, 0.5) is 5.69 Å². The number of aryl methyl sites for hydroxylation is 1. The monoisotopic (exact) mass is 314 g/mol. The lowest BCUT2D eigenvalue weighted by Crippen LogP contribution is -2.45. The number of nitrogens with zero attached hydrogens (tertiary/aromatic N) is 2. The molecule has 1 aromatic rings. The summed E-state index contributed by atoms with van der Waals surface area (Å²) in [4.78, 5) is 10.2. The molecule has 1 aromatic carbocycles. The van der Waals surface area contributed by atoms with Gasteiger partial charge in [0.1, 0.15) is 0 Å². The molecule has 1 aliphatic heterocycles. The van der Waals surface area contributed by atoms with Gasteiger partial charge in [-0.3, -0.25) is 10.1 Å². The van der Waals surface area contributed by atoms with E-state index in [1.165, 1.54) is 29.4 Å². The zero-order valence-electron chi connectivity index (χ0n) is 11.7. The van der Waals surface area contributed by atoms with E-state index >= 15 is 0 Å². The standard InChI is InChI=1S/C13H18N2O5S/c1-10-8-11(15(17)18)5-6-13(10)21(19,20)14-7-3-2-4-12(14)9-16/h5-6,8,12,16H,2-4,7,9H2,1H3. The van der Waals surface area contributed by atoms with Crippen LogP contribution < -0.4 is 0 Å². The Labute approximate surface area is 123 Å². The maximum atomic E-state index is 12.7. The second-order valence-electron chi connectivity index (χ2n) is 5.15. The van der Waals surface area contributed by atoms with Gasteiger partial charge in [-0.15, -0.1) is 0 Å². The third-order valence-corrected chi connectivity index (χ3v) is 5.85. The summed E-state index contributed by atoms with van der Waals surface area (Å²) in [5.74, 6) is 0. The molecule has 1 aliphatic rings. The molecule has 1 unspecified atom stereocenters. The molecule has 8 heteroatoms. The molecule has 7 nitrogen and oxygen atoms in total. The number of hydrogen-bond donors (Lipinski definition) is 1. The number of rotatable bonds is 4. The van der Waals surface area contributed by atoms with Crippen LogP contribution in [0.1, 0.15) is 24.8 Å². The lowest BCUT2D eigenvalue weighted by molar-refractivity contribution is -0.385. The first-order chi connectivity index (χ1) is 9.87. The van der Waals surface area contributed by atoms with Crippen LogP contribution >= 0.6 is 0 Å². The Hall–Kier alpha value is -1.51. The molecule has 1 saturated heterocycles. The van der Waals surface area contributed by atoms with E-state index in [2.05, 4.69) is 0 Å². The zero-order valence-corrected chi connectivity index (χ0v) is 12.5. The van der Waals surface area contributed by atoms with E-state index in [4.69, 9.17) is 0 Å². The predicted octanol–water partition coefficient (Wildman–Crippen LogP) is 1.44. The van der Waals surface area contributed by atoms with Crippen molar-refractivity contribution in [3.05, 3.63) is 33.9 Å². The van der Waals surface area contributed by atoms with Gasteiger partial charge in [0.25, 0.3) is 5.69 Å². The van der Waals surface area contributed by atoms with Crippen molar-refractivity contribution in [1.29, 1.82) is 0 Å². The van der Waals surface area contributed by atoms with E-state index in [9.17, 15) is 23.6 Å². The van der Waals surface area contributed by atoms with E-state index in [-0.39, 0.29) is 17.2 Å². The Kier molecular flexibility index (Phi) is 4.60. The minimum Gasteiger partial charge on any atom is -0.395 e. The Morgan fingerprint density at radius 3 is 2.71 bits per heavy atom. The summed E-state index contributed by atoms with van der Waals surface area (Å²) in [5, 5.41) is 20.1. The fourth-order valence-corrected chi connectivity index (χ4v) is 4.53. The van der Waals surface area contributed by atoms with Gasteiger partial charge in [0.05, 0.1) is 16.4 Å². The van der Waals surface area contributed by atoms with Gasteiger partial charge < -0.3 is 5.11 Å². The number of benzene rings is 1. The third kappa shape index (κ3) is 3.07. The van der Waals surface area contributed by atoms with Crippen LogP contribution in [-0.2, 0) is 10.0 Å². The predicted molar refractivity (Wildman–Crippen MR) is 76.5 cm³/mol. The summed E-state index contributed by atoms with van der Waals surface area (Å²) in [5.41, 5.74) is 0.204. The fraction of sp³-hybridized carbons (Fsp3) is 0.538. The summed E-state index contributed by atoms with van der Waals surface area (Å²) in [6.07, 6.45) is 2.26. The van der Waals surface area contributed by atoms with E-state index in [0.717, 1.165) is 12.8 Å². The molecular formula is C13H18N2O5S. The Balaban J connectivity index is 2.41. The van der Waals surface area contributed by atoms with Crippen molar-refractivity contribution < 1.29 is 18.4 Å². The molecule has 0 amide bonds. The van der Waals surface area contributed by atoms with Gasteiger partial charge in [0.15, 0.2) is 0 Å². The summed E-state index contributed by atoms with van der Waals surface area (Å²) < 4.78 is 26.7. The number of piperidine rings is 1. The highest BCUT2D eigenvalue weighted by Crippen LogP contribution is 2.28. The second-order valence-corrected chi connectivity index (χ2v) is 7.01. The normalized spacial score (nSPS) is 20.4. The van der Waals surface area contributed by atoms with E-state index in [0.29, 0.717) is 18.5 Å². The van der Waals surface area contributed by atoms with E-state index in [1.807, 2.05) is 0 Å². The number of aliphatic hydroxyl groups is 1. The molecule has 116 valence electrons. The summed E-state index contributed by atoms with van der Waals surface area (Å²) in [7, 11) is -3.75. The van der Waals surface area contributed by atoms with Crippen molar-refractivity contribution in [2.45, 2.75) is 37.1 Å². The number of aliphatic hydroxyl groups excluding tert-OH is 1. The molecular weight excluding hydrogens is 296 g/mol. The van der Waals surface area contributed by atoms with Crippen molar-refractivity contribution in [2.75, 3.05) is 13.2 Å². The number of hydrogen-bond acceptors (Lipinski definition) is 5. The van der Waals surface area contributed by atoms with Gasteiger partial charge >= 0.3 is 0 Å². The quantitative estimate of drug-likeness (QED) is 0.669. The van der Waals surface area contributed by atoms with Crippen LogP contribution in [0.5, 0.6) is 0 Å². The van der Waals surface area contributed by atoms with Crippen LogP contribution in [0.3, 0.4) is 0 Å². The minimum absolute atomic E-state index is 0.0634. The van der Waals surface area contributed by atoms with Crippen molar-refractivity contribution >= 4 is 15.7 Å². The van der Waals surface area contributed by atoms with Crippen LogP contribution in [0.2, 0.25) is 0 Å². The van der Waals surface area contributed by atoms with Crippen LogP contribution in [0, 0.1) is 17.0 Å². The molecule has 1 N–H and O–H groups in total. The van der Waals surface area contributed by atoms with Gasteiger partial charge in [0, 0.05) is 24.7 Å². The molecule has 0 saturated carbocycles. The molecule has 21 heavy (non-hydrogen) atoms. The van der Waals surface area contributed by atoms with Crippen molar-refractivity contribution in [3.8, 4) is 0 Å². The molecule has 1 fully saturated rings. The van der Waals surface area contributed by atoms with Crippen molar-refractivity contribution in [1.82, 2.24) is 4.31 Å². The fourth-order valence-electron chi connectivity index (χ4n) is 2.64. The SMILES string of the molecule is Cc1cc([N+](=O)[O-])ccc1S(=O)(=O)N1CCCCC1CO. The molecule has 1 atom stereocenters. The second kappa shape index (κ2) is 6.08. The average molecular weight is 314 g/mol. The first-order valence-corrected chi connectivity index (χ1v) is 8.19. The van der Waals surface area contributed by atoms with Crippen LogP contribution in [0.25, 0.3) is 0 Å². The van der Waals surface area contributed by atoms with Crippen LogP contribution in [-0.4, -0.2) is 41.9 Å². The summed E-state index contributed by atoms with van der Waals surface area (Å²) in [6, 6.07) is 3.30. The first kappa shape index (κ1) is 15.9. The third-order valence-electron chi connectivity index (χ3n) is 3.74. The van der Waals surface area contributed by atoms with Crippen LogP contribution in [0.15, 0.2) is 23.1 Å². The molecule has 2 rings (SSSR count). The summed E-state index contributed by atoms with van der Waals surface area (Å²) in [6.45, 7) is 1.69. The average Bonchev–Trinajstić information content (AvgIpc) is 2.46. The van der Waals surface area contributed by atoms with E-state index in [1.54, 1.807) is 0 Å². The smallest absolute Gasteiger partial charge is 0.269 e. The maximum Gasteiger partial charge on any atom is 0.269 e. The number of non-ortho nitro benzene ring substituents is 1. The lowest BCUT2D eigenvalue weighted by Gasteiger charge is -2.33. The topological polar surface area (TPSA) is 101 Å². The highest BCUT2D eigenvalue weighted by molar-refractivity contribution is 7.89. The van der Waals surface area contributed by atoms with Crippen molar-refractivity contribution in [3.63, 3.8) is 0 Å². The molecule has 0 bridgehead atoms. The highest BCUT2D eigenvalue weighted by Gasteiger charge is 2.34. The lowest BCUT2D eigenvalue weighted by atomic mass is 10.1. The van der Waals surface area contributed by atoms with E-state index < -0.39 is 21.0 Å². The van der Waals surface area contributed by atoms with Gasteiger partial charge in [-0.25, -0.2) is 8.42 Å². The molecule has 0 radical (unpaired) electrons. The maximum absolute atomic E-state index is 12.7. The number of nitro benzene ring substituents is 1. The van der Waals surface area contributed by atoms with Gasteiger partial charge in [-0.05, 0) is 31.4 Å². The Morgan fingerprint density at radius 2 is 2.14 bits per heavy atom. The number of nitro groups is 1. The zero-order chi connectivity index (χ0) is 15.6. The minimum atomic E-state index is -3.75. The molecule has 1 heterocycles. The molecule has 0 aliphatic carbocycles. The number of sulfonamides is 1. The van der Waals surface area contributed by atoms with Gasteiger partial charge in [-0.1, -0.05) is 6.42 Å². The highest BCUT2D eigenvalue weighted by atomic mass is 32.2. The largest absolute Gasteiger partial charge is 0.395 e. The Bertz CT molecular complexity index is 644.